The molecule has 0 heterocycles. The quantitative estimate of drug-likeness (QED) is 0.166. The molecule has 8 heteroatoms. The van der Waals surface area contributed by atoms with Crippen LogP contribution in [0.5, 0.6) is 0 Å². The molecule has 0 bridgehead atoms. The summed E-state index contributed by atoms with van der Waals surface area (Å²) in [5.41, 5.74) is 3.07. The van der Waals surface area contributed by atoms with Crippen molar-refractivity contribution in [1.82, 2.24) is 0 Å². The van der Waals surface area contributed by atoms with Crippen molar-refractivity contribution in [1.29, 1.82) is 0 Å². The fourth-order valence-electron chi connectivity index (χ4n) is 7.48. The highest BCUT2D eigenvalue weighted by Gasteiger charge is 2.50. The lowest BCUT2D eigenvalue weighted by atomic mass is 9.61. The monoisotopic (exact) mass is 592 g/mol. The number of hydrogen-bond acceptors (Lipinski definition) is 8. The van der Waals surface area contributed by atoms with Crippen molar-refractivity contribution in [3.63, 3.8) is 0 Å². The number of rotatable bonds is 9. The average Bonchev–Trinajstić information content (AvgIpc) is 3.33. The minimum atomic E-state index is -0.743. The summed E-state index contributed by atoms with van der Waals surface area (Å²) in [5.74, 6) is 2.30. The van der Waals surface area contributed by atoms with E-state index in [1.807, 2.05) is 0 Å². The first-order valence-corrected chi connectivity index (χ1v) is 15.7. The van der Waals surface area contributed by atoms with E-state index in [-0.39, 0.29) is 16.5 Å². The van der Waals surface area contributed by atoms with Gasteiger partial charge in [-0.1, -0.05) is 76.6 Å². The first-order chi connectivity index (χ1) is 20.3. The minimum absolute atomic E-state index is 0.116. The molecular formula is C35H48N2O6-2. The molecule has 4 rings (SSSR count). The number of fused-ring (bicyclic) bond motifs is 1. The van der Waals surface area contributed by atoms with Gasteiger partial charge in [0, 0.05) is 12.1 Å². The molecular weight excluding hydrogens is 544 g/mol. The molecule has 0 spiro atoms. The van der Waals surface area contributed by atoms with Crippen molar-refractivity contribution in [2.45, 2.75) is 92.1 Å². The maximum atomic E-state index is 12.9. The summed E-state index contributed by atoms with van der Waals surface area (Å²) < 4.78 is 5.75. The van der Waals surface area contributed by atoms with Crippen LogP contribution in [0.2, 0.25) is 0 Å². The Morgan fingerprint density at radius 1 is 1.05 bits per heavy atom. The summed E-state index contributed by atoms with van der Waals surface area (Å²) in [7, 11) is 0. The number of allylic oxidation sites excluding steroid dienone is 6. The van der Waals surface area contributed by atoms with Gasteiger partial charge in [0.1, 0.15) is 6.10 Å². The van der Waals surface area contributed by atoms with Gasteiger partial charge in [0.2, 0.25) is 0 Å². The lowest BCUT2D eigenvalue weighted by Gasteiger charge is -2.44. The fraction of sp³-hybridized carbons (Fsp3) is 0.571. The van der Waals surface area contributed by atoms with Crippen LogP contribution in [0, 0.1) is 45.4 Å². The van der Waals surface area contributed by atoms with Gasteiger partial charge in [-0.05, 0) is 104 Å². The van der Waals surface area contributed by atoms with Gasteiger partial charge in [-0.3, -0.25) is 10.4 Å². The lowest BCUT2D eigenvalue weighted by Crippen LogP contribution is -2.35. The Hall–Kier alpha value is -2.91. The zero-order valence-electron chi connectivity index (χ0n) is 26.3. The highest BCUT2D eigenvalue weighted by molar-refractivity contribution is 5.92. The number of hydrogen-bond donors (Lipinski definition) is 2. The molecule has 3 fully saturated rings. The van der Waals surface area contributed by atoms with Gasteiger partial charge in [-0.2, -0.15) is 0 Å². The molecule has 0 aromatic heterocycles. The molecule has 43 heavy (non-hydrogen) atoms. The Kier molecular flexibility index (Phi) is 10.6. The van der Waals surface area contributed by atoms with E-state index in [4.69, 9.17) is 4.74 Å². The van der Waals surface area contributed by atoms with E-state index in [9.17, 15) is 25.6 Å². The van der Waals surface area contributed by atoms with Crippen molar-refractivity contribution >= 4 is 17.3 Å². The summed E-state index contributed by atoms with van der Waals surface area (Å²) in [6.45, 7) is 16.0. The SMILES string of the molecule is C=C1CCC(OC(=O)c2cc(N([O-])[O-])cc(N(O)O)c2)C/C1=C\C=C1CCC[C@@]2(C)C1CCC2C(C)/C=C/C(C)C(C)C. The largest absolute Gasteiger partial charge is 0.769 e. The molecule has 1 aromatic rings. The van der Waals surface area contributed by atoms with Gasteiger partial charge in [-0.25, -0.2) is 4.79 Å². The Bertz CT molecular complexity index is 1240. The molecule has 8 nitrogen and oxygen atoms in total. The van der Waals surface area contributed by atoms with E-state index in [1.54, 1.807) is 0 Å². The summed E-state index contributed by atoms with van der Waals surface area (Å²) in [6.07, 6.45) is 16.8. The number of esters is 1. The zero-order valence-corrected chi connectivity index (χ0v) is 26.3. The molecule has 3 aliphatic carbocycles. The first kappa shape index (κ1) is 33.0. The van der Waals surface area contributed by atoms with Gasteiger partial charge in [-0.15, -0.1) is 5.23 Å². The Morgan fingerprint density at radius 3 is 2.44 bits per heavy atom. The van der Waals surface area contributed by atoms with Crippen LogP contribution in [0.4, 0.5) is 11.4 Å². The van der Waals surface area contributed by atoms with Crippen LogP contribution in [0.15, 0.2) is 65.8 Å². The number of carbonyl (C=O) groups is 1. The second-order valence-corrected chi connectivity index (χ2v) is 13.5. The topological polar surface area (TPSA) is 119 Å². The molecule has 5 unspecified atom stereocenters. The van der Waals surface area contributed by atoms with Crippen molar-refractivity contribution in [2.24, 2.45) is 35.0 Å². The third-order valence-electron chi connectivity index (χ3n) is 10.5. The molecule has 0 radical (unpaired) electrons. The molecule has 6 atom stereocenters. The van der Waals surface area contributed by atoms with Gasteiger partial charge < -0.3 is 20.4 Å². The van der Waals surface area contributed by atoms with E-state index in [0.717, 1.165) is 35.8 Å². The number of ether oxygens (including phenoxy) is 1. The van der Waals surface area contributed by atoms with Gasteiger partial charge in [0.15, 0.2) is 0 Å². The Labute approximate surface area is 256 Å². The van der Waals surface area contributed by atoms with Crippen LogP contribution in [-0.2, 0) is 4.74 Å². The third kappa shape index (κ3) is 7.60. The molecule has 3 aliphatic rings. The Balaban J connectivity index is 1.46. The molecule has 236 valence electrons. The summed E-state index contributed by atoms with van der Waals surface area (Å²) >= 11 is 0. The third-order valence-corrected chi connectivity index (χ3v) is 10.5. The van der Waals surface area contributed by atoms with E-state index in [0.29, 0.717) is 54.3 Å². The molecule has 0 amide bonds. The second-order valence-electron chi connectivity index (χ2n) is 13.5. The molecule has 3 saturated carbocycles. The van der Waals surface area contributed by atoms with Crippen molar-refractivity contribution in [2.75, 3.05) is 10.5 Å². The van der Waals surface area contributed by atoms with Crippen molar-refractivity contribution in [3.8, 4) is 0 Å². The maximum Gasteiger partial charge on any atom is 0.338 e. The zero-order chi connectivity index (χ0) is 31.5. The highest BCUT2D eigenvalue weighted by atomic mass is 16.8. The summed E-state index contributed by atoms with van der Waals surface area (Å²) in [6, 6.07) is 3.19. The maximum absolute atomic E-state index is 12.9. The summed E-state index contributed by atoms with van der Waals surface area (Å²) in [5, 5.41) is 40.3. The fourth-order valence-corrected chi connectivity index (χ4v) is 7.48. The van der Waals surface area contributed by atoms with E-state index in [2.05, 4.69) is 65.5 Å². The lowest BCUT2D eigenvalue weighted by molar-refractivity contribution is 0.0265. The van der Waals surface area contributed by atoms with Crippen LogP contribution in [-0.4, -0.2) is 22.5 Å². The highest BCUT2D eigenvalue weighted by Crippen LogP contribution is 2.59. The Morgan fingerprint density at radius 2 is 1.77 bits per heavy atom. The summed E-state index contributed by atoms with van der Waals surface area (Å²) in [4.78, 5) is 12.9. The minimum Gasteiger partial charge on any atom is -0.769 e. The van der Waals surface area contributed by atoms with Crippen LogP contribution in [0.3, 0.4) is 0 Å². The standard InChI is InChI=1S/C35H48N2O6/c1-22(2)23(3)9-10-25(5)32-15-16-33-26(8-7-17-35(32,33)6)12-13-27-20-31(14-11-24(27)4)43-34(38)28-18-29(36(39)40)21-30(19-28)37(41)42/h9-10,12-13,18-19,21-23,25,31-33,39-40H,4,7-8,11,14-17,20H2,1-3,5-6H3/q-2/b10-9+,26-12?,27-13+/t23?,25?,31?,32?,33?,35-/m1/s1. The van der Waals surface area contributed by atoms with Crippen LogP contribution in [0.25, 0.3) is 0 Å². The number of carbonyl (C=O) groups excluding carboxylic acids is 1. The van der Waals surface area contributed by atoms with Crippen LogP contribution < -0.4 is 10.5 Å². The molecule has 0 saturated heterocycles. The number of anilines is 2. The second kappa shape index (κ2) is 13.8. The first-order valence-electron chi connectivity index (χ1n) is 15.7. The number of benzene rings is 1. The van der Waals surface area contributed by atoms with Crippen LogP contribution in [0.1, 0.15) is 96.3 Å². The van der Waals surface area contributed by atoms with Crippen LogP contribution >= 0.6 is 0 Å². The average molecular weight is 593 g/mol. The smallest absolute Gasteiger partial charge is 0.338 e. The predicted octanol–water partition coefficient (Wildman–Crippen LogP) is 8.89. The predicted molar refractivity (Wildman–Crippen MR) is 171 cm³/mol. The van der Waals surface area contributed by atoms with E-state index >= 15 is 0 Å². The van der Waals surface area contributed by atoms with Gasteiger partial charge in [0.05, 0.1) is 11.3 Å². The van der Waals surface area contributed by atoms with E-state index < -0.39 is 23.0 Å². The normalized spacial score (nSPS) is 29.3. The van der Waals surface area contributed by atoms with Crippen molar-refractivity contribution in [3.05, 3.63) is 81.8 Å². The van der Waals surface area contributed by atoms with Gasteiger partial charge >= 0.3 is 5.97 Å². The molecule has 0 aliphatic heterocycles. The molecule has 2 N–H and O–H groups in total. The molecule has 1 aromatic carbocycles. The number of nitrogens with zero attached hydrogens (tertiary/aromatic N) is 2. The van der Waals surface area contributed by atoms with Gasteiger partial charge in [0.25, 0.3) is 0 Å². The van der Waals surface area contributed by atoms with E-state index in [1.165, 1.54) is 31.3 Å². The van der Waals surface area contributed by atoms with Crippen molar-refractivity contribution < 1.29 is 19.9 Å².